The summed E-state index contributed by atoms with van der Waals surface area (Å²) in [4.78, 5) is 13.4. The highest BCUT2D eigenvalue weighted by atomic mass is 16.5. The maximum absolute atomic E-state index is 11.5. The summed E-state index contributed by atoms with van der Waals surface area (Å²) >= 11 is 0. The number of likely N-dealkylation sites (tertiary alicyclic amines) is 1. The Morgan fingerprint density at radius 2 is 2.56 bits per heavy atom. The first-order valence-electron chi connectivity index (χ1n) is 5.23. The summed E-state index contributed by atoms with van der Waals surface area (Å²) in [6.45, 7) is 0.990. The van der Waals surface area contributed by atoms with E-state index in [2.05, 4.69) is 0 Å². The number of furan rings is 1. The van der Waals surface area contributed by atoms with Crippen LogP contribution in [-0.4, -0.2) is 41.8 Å². The highest BCUT2D eigenvalue weighted by Gasteiger charge is 2.36. The second kappa shape index (κ2) is 4.67. The molecule has 0 amide bonds. The summed E-state index contributed by atoms with van der Waals surface area (Å²) < 4.78 is 9.93. The molecule has 88 valence electrons. The molecule has 2 unspecified atom stereocenters. The van der Waals surface area contributed by atoms with Crippen molar-refractivity contribution in [1.29, 1.82) is 0 Å². The van der Waals surface area contributed by atoms with Crippen molar-refractivity contribution in [3.63, 3.8) is 0 Å². The Hall–Kier alpha value is -1.33. The van der Waals surface area contributed by atoms with Gasteiger partial charge >= 0.3 is 5.97 Å². The monoisotopic (exact) mass is 225 g/mol. The molecule has 0 radical (unpaired) electrons. The average Bonchev–Trinajstić information content (AvgIpc) is 2.88. The van der Waals surface area contributed by atoms with Gasteiger partial charge in [0.15, 0.2) is 0 Å². The Morgan fingerprint density at radius 3 is 3.19 bits per heavy atom. The van der Waals surface area contributed by atoms with E-state index in [1.807, 2.05) is 11.0 Å². The Labute approximate surface area is 93.6 Å². The lowest BCUT2D eigenvalue weighted by atomic mass is 10.2. The molecular formula is C11H15NO4. The molecule has 1 N–H and O–H groups in total. The first-order valence-corrected chi connectivity index (χ1v) is 5.23. The summed E-state index contributed by atoms with van der Waals surface area (Å²) in [5, 5.41) is 9.56. The minimum atomic E-state index is -0.473. The molecule has 2 atom stereocenters. The fraction of sp³-hybridized carbons (Fsp3) is 0.545. The second-order valence-corrected chi connectivity index (χ2v) is 3.94. The molecule has 5 nitrogen and oxygen atoms in total. The molecule has 1 aliphatic rings. The Balaban J connectivity index is 2.04. The van der Waals surface area contributed by atoms with Crippen LogP contribution in [0.25, 0.3) is 0 Å². The quantitative estimate of drug-likeness (QED) is 0.754. The van der Waals surface area contributed by atoms with E-state index in [0.29, 0.717) is 19.5 Å². The molecule has 2 rings (SSSR count). The number of hydrogen-bond donors (Lipinski definition) is 1. The summed E-state index contributed by atoms with van der Waals surface area (Å²) in [6, 6.07) is 3.28. The molecule has 2 heterocycles. The maximum Gasteiger partial charge on any atom is 0.323 e. The maximum atomic E-state index is 11.5. The van der Waals surface area contributed by atoms with Crippen LogP contribution in [0.5, 0.6) is 0 Å². The van der Waals surface area contributed by atoms with Crippen LogP contribution >= 0.6 is 0 Å². The van der Waals surface area contributed by atoms with Crippen LogP contribution in [0.3, 0.4) is 0 Å². The van der Waals surface area contributed by atoms with Gasteiger partial charge in [-0.25, -0.2) is 0 Å². The van der Waals surface area contributed by atoms with Crippen LogP contribution in [0.15, 0.2) is 22.8 Å². The average molecular weight is 225 g/mol. The Bertz CT molecular complexity index is 349. The summed E-state index contributed by atoms with van der Waals surface area (Å²) in [5.74, 6) is 0.478. The van der Waals surface area contributed by atoms with Gasteiger partial charge in [-0.15, -0.1) is 0 Å². The highest BCUT2D eigenvalue weighted by molar-refractivity contribution is 5.76. The van der Waals surface area contributed by atoms with Crippen LogP contribution in [0.1, 0.15) is 12.2 Å². The van der Waals surface area contributed by atoms with Crippen LogP contribution in [0, 0.1) is 0 Å². The van der Waals surface area contributed by atoms with E-state index < -0.39 is 6.10 Å². The van der Waals surface area contributed by atoms with E-state index >= 15 is 0 Å². The summed E-state index contributed by atoms with van der Waals surface area (Å²) in [6.07, 6.45) is 1.54. The van der Waals surface area contributed by atoms with E-state index in [-0.39, 0.29) is 12.0 Å². The Morgan fingerprint density at radius 1 is 1.75 bits per heavy atom. The molecular weight excluding hydrogens is 210 g/mol. The summed E-state index contributed by atoms with van der Waals surface area (Å²) in [5.41, 5.74) is 0. The van der Waals surface area contributed by atoms with E-state index in [1.54, 1.807) is 12.3 Å². The molecule has 0 spiro atoms. The largest absolute Gasteiger partial charge is 0.468 e. The number of carbonyl (C=O) groups excluding carboxylic acids is 1. The summed E-state index contributed by atoms with van der Waals surface area (Å²) in [7, 11) is 1.36. The van der Waals surface area contributed by atoms with Crippen molar-refractivity contribution in [1.82, 2.24) is 4.90 Å². The van der Waals surface area contributed by atoms with Crippen molar-refractivity contribution < 1.29 is 19.1 Å². The van der Waals surface area contributed by atoms with E-state index in [4.69, 9.17) is 9.15 Å². The fourth-order valence-electron chi connectivity index (χ4n) is 2.04. The standard InChI is InChI=1S/C11H15NO4/c1-15-11(14)10-5-8(13)6-12(10)7-9-3-2-4-16-9/h2-4,8,10,13H,5-7H2,1H3. The molecule has 1 aromatic rings. The van der Waals surface area contributed by atoms with E-state index in [9.17, 15) is 9.90 Å². The number of nitrogens with zero attached hydrogens (tertiary/aromatic N) is 1. The van der Waals surface area contributed by atoms with Gasteiger partial charge in [0.1, 0.15) is 11.8 Å². The smallest absolute Gasteiger partial charge is 0.323 e. The van der Waals surface area contributed by atoms with Gasteiger partial charge in [-0.3, -0.25) is 9.69 Å². The van der Waals surface area contributed by atoms with Gasteiger partial charge in [-0.05, 0) is 12.1 Å². The minimum Gasteiger partial charge on any atom is -0.468 e. The number of rotatable bonds is 3. The van der Waals surface area contributed by atoms with Crippen molar-refractivity contribution in [3.05, 3.63) is 24.2 Å². The van der Waals surface area contributed by atoms with Gasteiger partial charge in [0.25, 0.3) is 0 Å². The third kappa shape index (κ3) is 2.25. The minimum absolute atomic E-state index is 0.303. The first kappa shape index (κ1) is 11.2. The van der Waals surface area contributed by atoms with Crippen LogP contribution in [0.2, 0.25) is 0 Å². The molecule has 0 aliphatic carbocycles. The zero-order valence-corrected chi connectivity index (χ0v) is 9.13. The number of β-amino-alcohol motifs (C(OH)–C–C–N with tert-alkyl or cyclic N) is 1. The number of methoxy groups -OCH3 is 1. The molecule has 1 aromatic heterocycles. The predicted molar refractivity (Wildman–Crippen MR) is 55.5 cm³/mol. The van der Waals surface area contributed by atoms with Crippen molar-refractivity contribution in [2.24, 2.45) is 0 Å². The van der Waals surface area contributed by atoms with Crippen molar-refractivity contribution in [2.45, 2.75) is 25.1 Å². The molecule has 0 aromatic carbocycles. The molecule has 0 bridgehead atoms. The molecule has 0 saturated carbocycles. The predicted octanol–water partition coefficient (Wildman–Crippen LogP) is 0.388. The van der Waals surface area contributed by atoms with E-state index in [1.165, 1.54) is 7.11 Å². The lowest BCUT2D eigenvalue weighted by molar-refractivity contribution is -0.146. The molecule has 16 heavy (non-hydrogen) atoms. The zero-order chi connectivity index (χ0) is 11.5. The normalized spacial score (nSPS) is 25.9. The second-order valence-electron chi connectivity index (χ2n) is 3.94. The van der Waals surface area contributed by atoms with E-state index in [0.717, 1.165) is 5.76 Å². The number of hydrogen-bond acceptors (Lipinski definition) is 5. The number of ether oxygens (including phenoxy) is 1. The lowest BCUT2D eigenvalue weighted by Crippen LogP contribution is -2.36. The van der Waals surface area contributed by atoms with Crippen molar-refractivity contribution in [3.8, 4) is 0 Å². The van der Waals surface area contributed by atoms with Gasteiger partial charge in [-0.1, -0.05) is 0 Å². The van der Waals surface area contributed by atoms with Gasteiger partial charge in [0.2, 0.25) is 0 Å². The van der Waals surface area contributed by atoms with Gasteiger partial charge in [0, 0.05) is 13.0 Å². The van der Waals surface area contributed by atoms with Gasteiger partial charge < -0.3 is 14.3 Å². The molecule has 5 heteroatoms. The van der Waals surface area contributed by atoms with Crippen LogP contribution < -0.4 is 0 Å². The van der Waals surface area contributed by atoms with Crippen LogP contribution in [0.4, 0.5) is 0 Å². The van der Waals surface area contributed by atoms with Crippen molar-refractivity contribution in [2.75, 3.05) is 13.7 Å². The zero-order valence-electron chi connectivity index (χ0n) is 9.13. The topological polar surface area (TPSA) is 62.9 Å². The van der Waals surface area contributed by atoms with Gasteiger partial charge in [-0.2, -0.15) is 0 Å². The molecule has 1 aliphatic heterocycles. The first-order chi connectivity index (χ1) is 7.70. The number of esters is 1. The molecule has 1 fully saturated rings. The number of carbonyl (C=O) groups is 1. The SMILES string of the molecule is COC(=O)C1CC(O)CN1Cc1ccco1. The molecule has 1 saturated heterocycles. The fourth-order valence-corrected chi connectivity index (χ4v) is 2.04. The lowest BCUT2D eigenvalue weighted by Gasteiger charge is -2.20. The number of aliphatic hydroxyl groups excluding tert-OH is 1. The van der Waals surface area contributed by atoms with Gasteiger partial charge in [0.05, 0.1) is 26.0 Å². The highest BCUT2D eigenvalue weighted by Crippen LogP contribution is 2.21. The third-order valence-corrected chi connectivity index (χ3v) is 2.79. The Kier molecular flexibility index (Phi) is 3.26. The van der Waals surface area contributed by atoms with Crippen molar-refractivity contribution >= 4 is 5.97 Å². The third-order valence-electron chi connectivity index (χ3n) is 2.79. The number of aliphatic hydroxyl groups is 1. The van der Waals surface area contributed by atoms with Crippen LogP contribution in [-0.2, 0) is 16.1 Å².